The minimum absolute atomic E-state index is 0. The summed E-state index contributed by atoms with van der Waals surface area (Å²) in [4.78, 5) is 40.0. The van der Waals surface area contributed by atoms with E-state index in [-0.39, 0.29) is 42.6 Å². The zero-order valence-corrected chi connectivity index (χ0v) is 16.7. The van der Waals surface area contributed by atoms with Crippen LogP contribution in [0.1, 0.15) is 46.0 Å². The van der Waals surface area contributed by atoms with Crippen LogP contribution in [0.4, 0.5) is 0 Å². The molecule has 150 valence electrons. The van der Waals surface area contributed by atoms with E-state index in [2.05, 4.69) is 5.32 Å². The molecule has 3 amide bonds. The van der Waals surface area contributed by atoms with Crippen molar-refractivity contribution < 1.29 is 14.4 Å². The molecule has 8 heteroatoms. The fraction of sp³-hybridized carbons (Fsp3) is 0.833. The van der Waals surface area contributed by atoms with Crippen LogP contribution < -0.4 is 11.1 Å². The predicted molar refractivity (Wildman–Crippen MR) is 103 cm³/mol. The standard InChI is InChI=1S/C18H32N4O3.ClH/c1-13(2)17(19)18(25)20-12-16(24)22-9-5-14(6-10-22)11-15(23)21-7-3-4-8-21;/h13-14,17H,3-12,19H2,1-2H3,(H,20,25);1H/t17-;/m0./s1. The van der Waals surface area contributed by atoms with Crippen LogP contribution in [-0.2, 0) is 14.4 Å². The van der Waals surface area contributed by atoms with E-state index in [1.54, 1.807) is 4.90 Å². The number of halogens is 1. The van der Waals surface area contributed by atoms with Gasteiger partial charge in [-0.25, -0.2) is 0 Å². The maximum Gasteiger partial charge on any atom is 0.241 e. The SMILES string of the molecule is CC(C)[C@H](N)C(=O)NCC(=O)N1CCC(CC(=O)N2CCCC2)CC1.Cl. The third-order valence-electron chi connectivity index (χ3n) is 5.32. The number of hydrogen-bond donors (Lipinski definition) is 2. The second-order valence-corrected chi connectivity index (χ2v) is 7.60. The molecular formula is C18H33ClN4O3. The normalized spacial score (nSPS) is 19.2. The topological polar surface area (TPSA) is 95.7 Å². The summed E-state index contributed by atoms with van der Waals surface area (Å²) in [7, 11) is 0. The van der Waals surface area contributed by atoms with Gasteiger partial charge in [0.15, 0.2) is 0 Å². The number of piperidine rings is 1. The van der Waals surface area contributed by atoms with Gasteiger partial charge in [-0.05, 0) is 37.5 Å². The van der Waals surface area contributed by atoms with E-state index < -0.39 is 6.04 Å². The Hall–Kier alpha value is -1.34. The molecule has 7 nitrogen and oxygen atoms in total. The summed E-state index contributed by atoms with van der Waals surface area (Å²) in [5.74, 6) is 0.306. The number of carbonyl (C=O) groups excluding carboxylic acids is 3. The molecule has 0 aromatic heterocycles. The molecule has 2 fully saturated rings. The van der Waals surface area contributed by atoms with Gasteiger partial charge in [0.05, 0.1) is 12.6 Å². The van der Waals surface area contributed by atoms with Gasteiger partial charge in [-0.15, -0.1) is 12.4 Å². The van der Waals surface area contributed by atoms with Crippen molar-refractivity contribution in [3.63, 3.8) is 0 Å². The Balaban J connectivity index is 0.00000338. The molecule has 2 rings (SSSR count). The van der Waals surface area contributed by atoms with Crippen molar-refractivity contribution >= 4 is 30.1 Å². The maximum atomic E-state index is 12.2. The van der Waals surface area contributed by atoms with E-state index in [0.717, 1.165) is 38.8 Å². The number of hydrogen-bond acceptors (Lipinski definition) is 4. The lowest BCUT2D eigenvalue weighted by Crippen LogP contribution is -2.49. The fourth-order valence-corrected chi connectivity index (χ4v) is 3.42. The Kier molecular flexibility index (Phi) is 9.36. The van der Waals surface area contributed by atoms with Crippen molar-refractivity contribution in [1.29, 1.82) is 0 Å². The molecule has 0 aromatic carbocycles. The molecule has 2 saturated heterocycles. The number of rotatable bonds is 6. The molecule has 3 N–H and O–H groups in total. The smallest absolute Gasteiger partial charge is 0.241 e. The highest BCUT2D eigenvalue weighted by Crippen LogP contribution is 2.22. The minimum Gasteiger partial charge on any atom is -0.346 e. The van der Waals surface area contributed by atoms with E-state index in [4.69, 9.17) is 5.73 Å². The highest BCUT2D eigenvalue weighted by molar-refractivity contribution is 5.87. The lowest BCUT2D eigenvalue weighted by Gasteiger charge is -2.32. The molecule has 2 heterocycles. The van der Waals surface area contributed by atoms with Gasteiger partial charge in [-0.2, -0.15) is 0 Å². The summed E-state index contributed by atoms with van der Waals surface area (Å²) >= 11 is 0. The summed E-state index contributed by atoms with van der Waals surface area (Å²) in [5.41, 5.74) is 5.77. The summed E-state index contributed by atoms with van der Waals surface area (Å²) < 4.78 is 0. The average molecular weight is 389 g/mol. The van der Waals surface area contributed by atoms with E-state index in [1.807, 2.05) is 18.7 Å². The Bertz CT molecular complexity index is 487. The first-order chi connectivity index (χ1) is 11.9. The van der Waals surface area contributed by atoms with Crippen LogP contribution in [0.15, 0.2) is 0 Å². The lowest BCUT2D eigenvalue weighted by molar-refractivity contribution is -0.135. The van der Waals surface area contributed by atoms with Gasteiger partial charge < -0.3 is 20.9 Å². The molecule has 2 aliphatic rings. The molecule has 1 atom stereocenters. The van der Waals surface area contributed by atoms with Crippen molar-refractivity contribution in [3.8, 4) is 0 Å². The fourth-order valence-electron chi connectivity index (χ4n) is 3.42. The van der Waals surface area contributed by atoms with E-state index in [1.165, 1.54) is 0 Å². The second kappa shape index (κ2) is 10.7. The molecule has 0 aromatic rings. The molecular weight excluding hydrogens is 356 g/mol. The Labute approximate surface area is 162 Å². The molecule has 26 heavy (non-hydrogen) atoms. The van der Waals surface area contributed by atoms with E-state index >= 15 is 0 Å². The highest BCUT2D eigenvalue weighted by atomic mass is 35.5. The minimum atomic E-state index is -0.588. The predicted octanol–water partition coefficient (Wildman–Crippen LogP) is 0.759. The van der Waals surface area contributed by atoms with Gasteiger partial charge in [0, 0.05) is 32.6 Å². The Morgan fingerprint density at radius 3 is 2.08 bits per heavy atom. The summed E-state index contributed by atoms with van der Waals surface area (Å²) in [6.07, 6.45) is 4.54. The van der Waals surface area contributed by atoms with E-state index in [0.29, 0.717) is 25.4 Å². The van der Waals surface area contributed by atoms with Crippen LogP contribution in [0.2, 0.25) is 0 Å². The molecule has 0 unspecified atom stereocenters. The van der Waals surface area contributed by atoms with Gasteiger partial charge in [0.2, 0.25) is 17.7 Å². The Morgan fingerprint density at radius 1 is 1.00 bits per heavy atom. The molecule has 0 spiro atoms. The van der Waals surface area contributed by atoms with Crippen LogP contribution >= 0.6 is 12.4 Å². The Morgan fingerprint density at radius 2 is 1.54 bits per heavy atom. The average Bonchev–Trinajstić information content (AvgIpc) is 3.14. The van der Waals surface area contributed by atoms with Crippen molar-refractivity contribution in [2.24, 2.45) is 17.6 Å². The first-order valence-electron chi connectivity index (χ1n) is 9.47. The summed E-state index contributed by atoms with van der Waals surface area (Å²) in [6, 6.07) is -0.588. The first kappa shape index (κ1) is 22.7. The second-order valence-electron chi connectivity index (χ2n) is 7.60. The molecule has 0 aliphatic carbocycles. The molecule has 2 aliphatic heterocycles. The van der Waals surface area contributed by atoms with Gasteiger partial charge in [-0.3, -0.25) is 14.4 Å². The van der Waals surface area contributed by atoms with Gasteiger partial charge in [0.1, 0.15) is 0 Å². The number of carbonyl (C=O) groups is 3. The number of nitrogens with two attached hydrogens (primary N) is 1. The number of nitrogens with one attached hydrogen (secondary N) is 1. The highest BCUT2D eigenvalue weighted by Gasteiger charge is 2.27. The largest absolute Gasteiger partial charge is 0.346 e. The van der Waals surface area contributed by atoms with Crippen LogP contribution in [0.25, 0.3) is 0 Å². The van der Waals surface area contributed by atoms with Gasteiger partial charge in [0.25, 0.3) is 0 Å². The summed E-state index contributed by atoms with van der Waals surface area (Å²) in [6.45, 7) is 6.85. The maximum absolute atomic E-state index is 12.2. The monoisotopic (exact) mass is 388 g/mol. The van der Waals surface area contributed by atoms with Crippen LogP contribution in [0.3, 0.4) is 0 Å². The van der Waals surface area contributed by atoms with Crippen molar-refractivity contribution in [2.75, 3.05) is 32.7 Å². The molecule has 0 saturated carbocycles. The quantitative estimate of drug-likeness (QED) is 0.702. The lowest BCUT2D eigenvalue weighted by atomic mass is 9.93. The van der Waals surface area contributed by atoms with Crippen LogP contribution in [0.5, 0.6) is 0 Å². The number of nitrogens with zero attached hydrogens (tertiary/aromatic N) is 2. The van der Waals surface area contributed by atoms with Gasteiger partial charge in [-0.1, -0.05) is 13.8 Å². The number of amides is 3. The zero-order valence-electron chi connectivity index (χ0n) is 15.9. The van der Waals surface area contributed by atoms with E-state index in [9.17, 15) is 14.4 Å². The van der Waals surface area contributed by atoms with Crippen molar-refractivity contribution in [2.45, 2.75) is 52.0 Å². The number of likely N-dealkylation sites (tertiary alicyclic amines) is 2. The first-order valence-corrected chi connectivity index (χ1v) is 9.47. The zero-order chi connectivity index (χ0) is 18.4. The third kappa shape index (κ3) is 6.43. The van der Waals surface area contributed by atoms with Crippen molar-refractivity contribution in [3.05, 3.63) is 0 Å². The van der Waals surface area contributed by atoms with Crippen LogP contribution in [0, 0.1) is 11.8 Å². The third-order valence-corrected chi connectivity index (χ3v) is 5.32. The summed E-state index contributed by atoms with van der Waals surface area (Å²) in [5, 5.41) is 2.63. The molecule has 0 radical (unpaired) electrons. The van der Waals surface area contributed by atoms with Crippen LogP contribution in [-0.4, -0.2) is 66.3 Å². The van der Waals surface area contributed by atoms with Gasteiger partial charge >= 0.3 is 0 Å². The molecule has 0 bridgehead atoms. The van der Waals surface area contributed by atoms with Crippen molar-refractivity contribution in [1.82, 2.24) is 15.1 Å².